The summed E-state index contributed by atoms with van der Waals surface area (Å²) in [5.74, 6) is 3.23. The number of ether oxygens (including phenoxy) is 2. The van der Waals surface area contributed by atoms with Crippen LogP contribution < -0.4 is 14.8 Å². The fourth-order valence-corrected chi connectivity index (χ4v) is 4.98. The maximum Gasteiger partial charge on any atom is 0.160 e. The monoisotopic (exact) mass is 413 g/mol. The van der Waals surface area contributed by atoms with Gasteiger partial charge in [0, 0.05) is 0 Å². The van der Waals surface area contributed by atoms with E-state index in [9.17, 15) is 4.39 Å². The molecule has 0 aliphatic heterocycles. The molecule has 0 aromatic heterocycles. The lowest BCUT2D eigenvalue weighted by molar-refractivity contribution is 0.284. The Kier molecular flexibility index (Phi) is 8.15. The van der Waals surface area contributed by atoms with Crippen molar-refractivity contribution in [2.24, 2.45) is 11.8 Å². The van der Waals surface area contributed by atoms with Gasteiger partial charge in [-0.2, -0.15) is 0 Å². The number of methoxy groups -OCH3 is 2. The van der Waals surface area contributed by atoms with Crippen LogP contribution in [0.5, 0.6) is 11.5 Å². The van der Waals surface area contributed by atoms with Gasteiger partial charge < -0.3 is 14.8 Å². The van der Waals surface area contributed by atoms with E-state index in [0.717, 1.165) is 50.3 Å². The number of fused-ring (bicyclic) bond motifs is 1. The maximum atomic E-state index is 13.6. The molecule has 3 rings (SSSR count). The quantitative estimate of drug-likeness (QED) is 0.503. The molecule has 1 aliphatic carbocycles. The van der Waals surface area contributed by atoms with Gasteiger partial charge in [-0.1, -0.05) is 26.0 Å². The molecule has 0 saturated carbocycles. The number of rotatable bonds is 10. The van der Waals surface area contributed by atoms with Crippen LogP contribution in [-0.2, 0) is 12.8 Å². The van der Waals surface area contributed by atoms with Crippen molar-refractivity contribution in [3.05, 3.63) is 58.9 Å². The normalized spacial score (nSPS) is 18.3. The van der Waals surface area contributed by atoms with Gasteiger partial charge >= 0.3 is 0 Å². The van der Waals surface area contributed by atoms with Gasteiger partial charge in [0.05, 0.1) is 14.2 Å². The molecule has 0 radical (unpaired) electrons. The molecule has 1 N–H and O–H groups in total. The van der Waals surface area contributed by atoms with Gasteiger partial charge in [0.1, 0.15) is 5.82 Å². The van der Waals surface area contributed by atoms with Crippen molar-refractivity contribution in [2.45, 2.75) is 51.9 Å². The van der Waals surface area contributed by atoms with Crippen LogP contribution in [0.15, 0.2) is 36.4 Å². The second kappa shape index (κ2) is 10.8. The molecular formula is C26H36FNO2. The summed E-state index contributed by atoms with van der Waals surface area (Å²) in [6.45, 7) is 6.64. The van der Waals surface area contributed by atoms with E-state index in [-0.39, 0.29) is 5.82 Å². The van der Waals surface area contributed by atoms with Crippen LogP contribution in [0.4, 0.5) is 4.39 Å². The van der Waals surface area contributed by atoms with E-state index >= 15 is 0 Å². The minimum Gasteiger partial charge on any atom is -0.493 e. The molecule has 0 saturated heterocycles. The summed E-state index contributed by atoms with van der Waals surface area (Å²) in [5, 5.41) is 3.63. The van der Waals surface area contributed by atoms with Crippen molar-refractivity contribution in [2.75, 3.05) is 27.3 Å². The smallest absolute Gasteiger partial charge is 0.160 e. The van der Waals surface area contributed by atoms with Gasteiger partial charge in [-0.25, -0.2) is 4.39 Å². The third-order valence-electron chi connectivity index (χ3n) is 6.43. The summed E-state index contributed by atoms with van der Waals surface area (Å²) in [6, 6.07) is 11.5. The topological polar surface area (TPSA) is 30.5 Å². The molecule has 2 unspecified atom stereocenters. The molecule has 4 heteroatoms. The fourth-order valence-electron chi connectivity index (χ4n) is 4.98. The van der Waals surface area contributed by atoms with Crippen molar-refractivity contribution < 1.29 is 13.9 Å². The van der Waals surface area contributed by atoms with Gasteiger partial charge in [-0.05, 0) is 104 Å². The molecule has 0 fully saturated rings. The lowest BCUT2D eigenvalue weighted by Crippen LogP contribution is -2.28. The second-order valence-electron chi connectivity index (χ2n) is 8.74. The van der Waals surface area contributed by atoms with E-state index < -0.39 is 0 Å². The van der Waals surface area contributed by atoms with Crippen LogP contribution in [0.1, 0.15) is 55.7 Å². The third-order valence-corrected chi connectivity index (χ3v) is 6.43. The highest BCUT2D eigenvalue weighted by molar-refractivity contribution is 5.42. The van der Waals surface area contributed by atoms with Crippen molar-refractivity contribution >= 4 is 0 Å². The van der Waals surface area contributed by atoms with Crippen LogP contribution in [0.25, 0.3) is 0 Å². The molecule has 0 heterocycles. The van der Waals surface area contributed by atoms with Crippen LogP contribution in [0.2, 0.25) is 0 Å². The maximum absolute atomic E-state index is 13.6. The third kappa shape index (κ3) is 5.54. The Hall–Kier alpha value is -2.07. The number of hydrogen-bond donors (Lipinski definition) is 1. The van der Waals surface area contributed by atoms with E-state index in [1.54, 1.807) is 26.4 Å². The minimum absolute atomic E-state index is 0.106. The molecule has 30 heavy (non-hydrogen) atoms. The van der Waals surface area contributed by atoms with Crippen LogP contribution >= 0.6 is 0 Å². The molecule has 3 nitrogen and oxygen atoms in total. The first-order valence-corrected chi connectivity index (χ1v) is 11.2. The molecule has 2 aromatic carbocycles. The second-order valence-corrected chi connectivity index (χ2v) is 8.74. The molecule has 0 bridgehead atoms. The molecule has 1 aliphatic rings. The first-order chi connectivity index (χ1) is 14.5. The van der Waals surface area contributed by atoms with E-state index in [1.165, 1.54) is 23.1 Å². The number of nitrogens with one attached hydrogen (secondary N) is 1. The molecule has 0 spiro atoms. The van der Waals surface area contributed by atoms with E-state index in [1.807, 2.05) is 12.1 Å². The summed E-state index contributed by atoms with van der Waals surface area (Å²) in [4.78, 5) is 0. The van der Waals surface area contributed by atoms with Crippen LogP contribution in [0.3, 0.4) is 0 Å². The Morgan fingerprint density at radius 3 is 2.57 bits per heavy atom. The SMILES string of the molecule is COc1ccc(CCCNCCC2CCc3cc(F)ccc3C2C(C)C)cc1OC. The van der Waals surface area contributed by atoms with Crippen LogP contribution in [0, 0.1) is 17.7 Å². The highest BCUT2D eigenvalue weighted by Gasteiger charge is 2.31. The zero-order valence-electron chi connectivity index (χ0n) is 18.8. The predicted molar refractivity (Wildman–Crippen MR) is 121 cm³/mol. The Labute approximate surface area is 181 Å². The molecule has 164 valence electrons. The Balaban J connectivity index is 1.44. The number of hydrogen-bond acceptors (Lipinski definition) is 3. The molecular weight excluding hydrogens is 377 g/mol. The summed E-state index contributed by atoms with van der Waals surface area (Å²) in [6.07, 6.45) is 5.45. The van der Waals surface area contributed by atoms with Crippen LogP contribution in [-0.4, -0.2) is 27.3 Å². The Bertz CT molecular complexity index is 821. The highest BCUT2D eigenvalue weighted by atomic mass is 19.1. The first-order valence-electron chi connectivity index (χ1n) is 11.2. The average Bonchev–Trinajstić information content (AvgIpc) is 2.75. The van der Waals surface area contributed by atoms with Gasteiger partial charge in [-0.15, -0.1) is 0 Å². The Morgan fingerprint density at radius 1 is 1.03 bits per heavy atom. The zero-order valence-corrected chi connectivity index (χ0v) is 18.8. The molecule has 2 aromatic rings. The summed E-state index contributed by atoms with van der Waals surface area (Å²) in [7, 11) is 3.34. The minimum atomic E-state index is -0.106. The Morgan fingerprint density at radius 2 is 1.83 bits per heavy atom. The number of benzene rings is 2. The van der Waals surface area contributed by atoms with Gasteiger partial charge in [0.15, 0.2) is 11.5 Å². The van der Waals surface area contributed by atoms with Gasteiger partial charge in [-0.3, -0.25) is 0 Å². The first kappa shape index (κ1) is 22.6. The largest absolute Gasteiger partial charge is 0.493 e. The summed E-state index contributed by atoms with van der Waals surface area (Å²) in [5.41, 5.74) is 3.86. The van der Waals surface area contributed by atoms with Crippen molar-refractivity contribution in [3.63, 3.8) is 0 Å². The summed E-state index contributed by atoms with van der Waals surface area (Å²) >= 11 is 0. The molecule has 0 amide bonds. The number of halogens is 1. The highest BCUT2D eigenvalue weighted by Crippen LogP contribution is 2.42. The average molecular weight is 414 g/mol. The van der Waals surface area contributed by atoms with Crippen molar-refractivity contribution in [1.29, 1.82) is 0 Å². The zero-order chi connectivity index (χ0) is 21.5. The van der Waals surface area contributed by atoms with Gasteiger partial charge in [0.2, 0.25) is 0 Å². The predicted octanol–water partition coefficient (Wildman–Crippen LogP) is 5.76. The lowest BCUT2D eigenvalue weighted by atomic mass is 9.69. The van der Waals surface area contributed by atoms with Gasteiger partial charge in [0.25, 0.3) is 0 Å². The molecule has 2 atom stereocenters. The standard InChI is InChI=1S/C26H36FNO2/c1-18(2)26-20(8-9-21-17-22(27)10-11-23(21)26)13-15-28-14-5-6-19-7-12-24(29-3)25(16-19)30-4/h7,10-12,16-18,20,26,28H,5-6,8-9,13-15H2,1-4H3. The van der Waals surface area contributed by atoms with E-state index in [0.29, 0.717) is 17.8 Å². The number of aryl methyl sites for hydroxylation is 2. The van der Waals surface area contributed by atoms with E-state index in [4.69, 9.17) is 9.47 Å². The van der Waals surface area contributed by atoms with Crippen molar-refractivity contribution in [3.8, 4) is 11.5 Å². The fraction of sp³-hybridized carbons (Fsp3) is 0.538. The van der Waals surface area contributed by atoms with Crippen molar-refractivity contribution in [1.82, 2.24) is 5.32 Å². The summed E-state index contributed by atoms with van der Waals surface area (Å²) < 4.78 is 24.3. The lowest BCUT2D eigenvalue weighted by Gasteiger charge is -2.36. The van der Waals surface area contributed by atoms with E-state index in [2.05, 4.69) is 31.3 Å².